The molecule has 0 aromatic carbocycles. The first-order valence-electron chi connectivity index (χ1n) is 6.51. The topological polar surface area (TPSA) is 29.9 Å². The molecule has 16 heavy (non-hydrogen) atoms. The maximum Gasteiger partial charge on any atom is 0.0948 e. The number of rotatable bonds is 5. The Labute approximate surface area is 98.3 Å². The van der Waals surface area contributed by atoms with Crippen molar-refractivity contribution >= 4 is 0 Å². The summed E-state index contributed by atoms with van der Waals surface area (Å²) in [6.07, 6.45) is 8.12. The van der Waals surface area contributed by atoms with E-state index in [1.807, 2.05) is 12.5 Å². The fourth-order valence-corrected chi connectivity index (χ4v) is 2.69. The van der Waals surface area contributed by atoms with Gasteiger partial charge in [-0.15, -0.1) is 0 Å². The lowest BCUT2D eigenvalue weighted by Gasteiger charge is -2.16. The van der Waals surface area contributed by atoms with E-state index in [9.17, 15) is 0 Å². The summed E-state index contributed by atoms with van der Waals surface area (Å²) >= 11 is 0. The summed E-state index contributed by atoms with van der Waals surface area (Å²) < 4.78 is 2.20. The summed E-state index contributed by atoms with van der Waals surface area (Å²) in [7, 11) is 0. The first-order chi connectivity index (χ1) is 7.81. The van der Waals surface area contributed by atoms with Crippen molar-refractivity contribution in [2.45, 2.75) is 46.2 Å². The van der Waals surface area contributed by atoms with Gasteiger partial charge < -0.3 is 9.88 Å². The van der Waals surface area contributed by atoms with Crippen molar-refractivity contribution in [2.24, 2.45) is 11.8 Å². The van der Waals surface area contributed by atoms with Crippen LogP contribution in [0.2, 0.25) is 0 Å². The molecule has 1 fully saturated rings. The van der Waals surface area contributed by atoms with Gasteiger partial charge >= 0.3 is 0 Å². The summed E-state index contributed by atoms with van der Waals surface area (Å²) in [5.41, 5.74) is 1.30. The minimum atomic E-state index is 0.887. The molecule has 1 heterocycles. The van der Waals surface area contributed by atoms with Crippen LogP contribution in [0.15, 0.2) is 12.5 Å². The van der Waals surface area contributed by atoms with Crippen LogP contribution in [0.4, 0.5) is 0 Å². The van der Waals surface area contributed by atoms with Crippen molar-refractivity contribution in [3.8, 4) is 0 Å². The van der Waals surface area contributed by atoms with E-state index in [1.165, 1.54) is 25.0 Å². The van der Waals surface area contributed by atoms with Gasteiger partial charge in [0.2, 0.25) is 0 Å². The minimum Gasteiger partial charge on any atom is -0.334 e. The van der Waals surface area contributed by atoms with E-state index in [-0.39, 0.29) is 0 Å². The first-order valence-corrected chi connectivity index (χ1v) is 6.51. The molecule has 0 bridgehead atoms. The van der Waals surface area contributed by atoms with Crippen molar-refractivity contribution in [1.29, 1.82) is 0 Å². The van der Waals surface area contributed by atoms with Gasteiger partial charge in [0.25, 0.3) is 0 Å². The Morgan fingerprint density at radius 3 is 3.06 bits per heavy atom. The molecule has 0 saturated heterocycles. The highest BCUT2D eigenvalue weighted by Gasteiger charge is 2.22. The average Bonchev–Trinajstić information content (AvgIpc) is 2.88. The lowest BCUT2D eigenvalue weighted by atomic mass is 9.98. The fourth-order valence-electron chi connectivity index (χ4n) is 2.69. The van der Waals surface area contributed by atoms with E-state index in [1.54, 1.807) is 0 Å². The predicted octanol–water partition coefficient (Wildman–Crippen LogP) is 2.43. The normalized spacial score (nSPS) is 25.1. The average molecular weight is 221 g/mol. The number of aryl methyl sites for hydroxylation is 1. The summed E-state index contributed by atoms with van der Waals surface area (Å²) in [5, 5.41) is 3.57. The molecule has 1 aromatic heterocycles. The number of nitrogens with one attached hydrogen (secondary N) is 1. The van der Waals surface area contributed by atoms with Gasteiger partial charge in [-0.05, 0) is 31.7 Å². The van der Waals surface area contributed by atoms with Crippen LogP contribution >= 0.6 is 0 Å². The third kappa shape index (κ3) is 2.64. The maximum absolute atomic E-state index is 4.18. The third-order valence-corrected chi connectivity index (χ3v) is 3.89. The van der Waals surface area contributed by atoms with E-state index < -0.39 is 0 Å². The highest BCUT2D eigenvalue weighted by Crippen LogP contribution is 2.30. The second-order valence-corrected chi connectivity index (χ2v) is 4.97. The van der Waals surface area contributed by atoms with E-state index in [2.05, 4.69) is 28.7 Å². The molecular weight excluding hydrogens is 198 g/mol. The fraction of sp³-hybridized carbons (Fsp3) is 0.769. The Hall–Kier alpha value is -0.830. The molecule has 2 atom stereocenters. The molecule has 0 amide bonds. The van der Waals surface area contributed by atoms with E-state index in [0.29, 0.717) is 0 Å². The van der Waals surface area contributed by atoms with Gasteiger partial charge in [0.05, 0.1) is 12.0 Å². The Morgan fingerprint density at radius 2 is 2.38 bits per heavy atom. The zero-order valence-electron chi connectivity index (χ0n) is 10.4. The summed E-state index contributed by atoms with van der Waals surface area (Å²) in [4.78, 5) is 4.18. The molecule has 0 aliphatic heterocycles. The van der Waals surface area contributed by atoms with Crippen molar-refractivity contribution in [2.75, 3.05) is 6.54 Å². The zero-order valence-corrected chi connectivity index (χ0v) is 10.4. The minimum absolute atomic E-state index is 0.887. The van der Waals surface area contributed by atoms with Gasteiger partial charge in [0.15, 0.2) is 0 Å². The van der Waals surface area contributed by atoms with Crippen LogP contribution in [0.25, 0.3) is 0 Å². The Bertz CT molecular complexity index is 319. The van der Waals surface area contributed by atoms with Gasteiger partial charge in [0, 0.05) is 19.3 Å². The molecule has 2 rings (SSSR count). The molecule has 90 valence electrons. The van der Waals surface area contributed by atoms with Crippen LogP contribution in [-0.2, 0) is 13.1 Å². The number of imidazole rings is 1. The molecule has 1 aliphatic carbocycles. The Kier molecular flexibility index (Phi) is 3.99. The van der Waals surface area contributed by atoms with Crippen LogP contribution in [0.5, 0.6) is 0 Å². The van der Waals surface area contributed by atoms with Crippen LogP contribution in [-0.4, -0.2) is 16.1 Å². The number of aromatic nitrogens is 2. The highest BCUT2D eigenvalue weighted by molar-refractivity contribution is 4.97. The lowest BCUT2D eigenvalue weighted by molar-refractivity contribution is 0.389. The molecule has 1 saturated carbocycles. The van der Waals surface area contributed by atoms with Crippen molar-refractivity contribution in [1.82, 2.24) is 14.9 Å². The first kappa shape index (κ1) is 11.6. The summed E-state index contributed by atoms with van der Waals surface area (Å²) in [6.45, 7) is 7.67. The van der Waals surface area contributed by atoms with Crippen LogP contribution in [0.1, 0.15) is 38.8 Å². The second-order valence-electron chi connectivity index (χ2n) is 4.97. The van der Waals surface area contributed by atoms with Gasteiger partial charge in [-0.25, -0.2) is 4.98 Å². The molecule has 3 heteroatoms. The SMILES string of the molecule is CCn1cncc1CNCC1CCCC1C. The van der Waals surface area contributed by atoms with Gasteiger partial charge in [0.1, 0.15) is 0 Å². The van der Waals surface area contributed by atoms with Gasteiger partial charge in [-0.2, -0.15) is 0 Å². The van der Waals surface area contributed by atoms with Crippen LogP contribution < -0.4 is 5.32 Å². The Balaban J connectivity index is 1.75. The quantitative estimate of drug-likeness (QED) is 0.827. The van der Waals surface area contributed by atoms with Gasteiger partial charge in [-0.1, -0.05) is 19.8 Å². The van der Waals surface area contributed by atoms with E-state index in [4.69, 9.17) is 0 Å². The highest BCUT2D eigenvalue weighted by atomic mass is 15.1. The smallest absolute Gasteiger partial charge is 0.0948 e. The molecule has 0 spiro atoms. The van der Waals surface area contributed by atoms with E-state index in [0.717, 1.165) is 31.5 Å². The van der Waals surface area contributed by atoms with Crippen molar-refractivity contribution < 1.29 is 0 Å². The molecule has 1 N–H and O–H groups in total. The standard InChI is InChI=1S/C13H23N3/c1-3-16-10-15-9-13(16)8-14-7-12-6-4-5-11(12)2/h9-12,14H,3-8H2,1-2H3. The third-order valence-electron chi connectivity index (χ3n) is 3.89. The molecule has 0 radical (unpaired) electrons. The van der Waals surface area contributed by atoms with Crippen molar-refractivity contribution in [3.05, 3.63) is 18.2 Å². The lowest BCUT2D eigenvalue weighted by Crippen LogP contribution is -2.24. The Morgan fingerprint density at radius 1 is 1.50 bits per heavy atom. The van der Waals surface area contributed by atoms with Crippen LogP contribution in [0, 0.1) is 11.8 Å². The molecule has 1 aromatic rings. The number of nitrogens with zero attached hydrogens (tertiary/aromatic N) is 2. The molecule has 2 unspecified atom stereocenters. The predicted molar refractivity (Wildman–Crippen MR) is 66.1 cm³/mol. The second kappa shape index (κ2) is 5.48. The molecule has 1 aliphatic rings. The maximum atomic E-state index is 4.18. The molecular formula is C13H23N3. The van der Waals surface area contributed by atoms with Crippen molar-refractivity contribution in [3.63, 3.8) is 0 Å². The van der Waals surface area contributed by atoms with Gasteiger partial charge in [-0.3, -0.25) is 0 Å². The summed E-state index contributed by atoms with van der Waals surface area (Å²) in [6, 6.07) is 0. The summed E-state index contributed by atoms with van der Waals surface area (Å²) in [5.74, 6) is 1.79. The largest absolute Gasteiger partial charge is 0.334 e. The number of hydrogen-bond donors (Lipinski definition) is 1. The van der Waals surface area contributed by atoms with Crippen LogP contribution in [0.3, 0.4) is 0 Å². The monoisotopic (exact) mass is 221 g/mol. The zero-order chi connectivity index (χ0) is 11.4. The number of hydrogen-bond acceptors (Lipinski definition) is 2. The molecule has 3 nitrogen and oxygen atoms in total. The van der Waals surface area contributed by atoms with E-state index >= 15 is 0 Å².